The second kappa shape index (κ2) is 9.50. The van der Waals surface area contributed by atoms with Gasteiger partial charge in [0.1, 0.15) is 18.0 Å². The van der Waals surface area contributed by atoms with Gasteiger partial charge in [0.05, 0.1) is 13.2 Å². The first-order valence-electron chi connectivity index (χ1n) is 12.4. The van der Waals surface area contributed by atoms with Crippen LogP contribution in [0.1, 0.15) is 21.6 Å². The molecule has 1 atom stereocenters. The van der Waals surface area contributed by atoms with E-state index in [1.165, 1.54) is 0 Å². The maximum absolute atomic E-state index is 13.6. The molecule has 0 radical (unpaired) electrons. The van der Waals surface area contributed by atoms with Gasteiger partial charge in [-0.1, -0.05) is 48.5 Å². The number of carbonyl (C=O) groups excluding carboxylic acids is 2. The Morgan fingerprint density at radius 2 is 1.81 bits per heavy atom. The molecule has 5 aromatic rings. The molecule has 6 rings (SSSR count). The molecule has 0 spiro atoms. The number of piperazine rings is 1. The number of carbonyl (C=O) groups is 2. The molecular formula is C30H28N4O3. The van der Waals surface area contributed by atoms with Gasteiger partial charge in [0.2, 0.25) is 5.91 Å². The Kier molecular flexibility index (Phi) is 5.88. The van der Waals surface area contributed by atoms with Crippen LogP contribution in [-0.4, -0.2) is 57.8 Å². The van der Waals surface area contributed by atoms with Crippen LogP contribution in [0.15, 0.2) is 85.1 Å². The first-order valence-corrected chi connectivity index (χ1v) is 12.4. The zero-order valence-electron chi connectivity index (χ0n) is 20.6. The van der Waals surface area contributed by atoms with E-state index in [1.807, 2.05) is 71.8 Å². The number of hydrogen-bond acceptors (Lipinski definition) is 3. The summed E-state index contributed by atoms with van der Waals surface area (Å²) in [6.45, 7) is 1.00. The van der Waals surface area contributed by atoms with Crippen LogP contribution in [0.5, 0.6) is 5.75 Å². The number of methoxy groups -OCH3 is 1. The molecule has 3 aromatic carbocycles. The van der Waals surface area contributed by atoms with Gasteiger partial charge in [-0.05, 0) is 47.9 Å². The van der Waals surface area contributed by atoms with Crippen molar-refractivity contribution in [1.29, 1.82) is 0 Å². The Morgan fingerprint density at radius 1 is 1.00 bits per heavy atom. The highest BCUT2D eigenvalue weighted by Gasteiger charge is 2.35. The van der Waals surface area contributed by atoms with Gasteiger partial charge in [-0.2, -0.15) is 0 Å². The Labute approximate surface area is 214 Å². The van der Waals surface area contributed by atoms with Crippen molar-refractivity contribution < 1.29 is 14.3 Å². The lowest BCUT2D eigenvalue weighted by Crippen LogP contribution is -2.58. The quantitative estimate of drug-likeness (QED) is 0.359. The molecule has 7 nitrogen and oxygen atoms in total. The summed E-state index contributed by atoms with van der Waals surface area (Å²) in [4.78, 5) is 37.2. The van der Waals surface area contributed by atoms with E-state index >= 15 is 0 Å². The Morgan fingerprint density at radius 3 is 2.65 bits per heavy atom. The molecule has 1 aliphatic rings. The van der Waals surface area contributed by atoms with E-state index in [0.29, 0.717) is 25.2 Å². The molecule has 0 saturated carbocycles. The van der Waals surface area contributed by atoms with Gasteiger partial charge in [0.15, 0.2) is 0 Å². The van der Waals surface area contributed by atoms with E-state index in [0.717, 1.165) is 38.7 Å². The summed E-state index contributed by atoms with van der Waals surface area (Å²) in [5.74, 6) is 0.506. The maximum Gasteiger partial charge on any atom is 0.270 e. The molecule has 37 heavy (non-hydrogen) atoms. The van der Waals surface area contributed by atoms with E-state index in [-0.39, 0.29) is 24.4 Å². The lowest BCUT2D eigenvalue weighted by molar-refractivity contribution is -0.139. The van der Waals surface area contributed by atoms with Gasteiger partial charge in [0, 0.05) is 41.1 Å². The highest BCUT2D eigenvalue weighted by Crippen LogP contribution is 2.26. The molecule has 1 aliphatic heterocycles. The van der Waals surface area contributed by atoms with Crippen LogP contribution in [-0.2, 0) is 17.8 Å². The van der Waals surface area contributed by atoms with Crippen LogP contribution >= 0.6 is 0 Å². The number of ether oxygens (including phenoxy) is 1. The third-order valence-corrected chi connectivity index (χ3v) is 7.19. The van der Waals surface area contributed by atoms with Crippen molar-refractivity contribution >= 4 is 33.6 Å². The summed E-state index contributed by atoms with van der Waals surface area (Å²) in [6, 6.07) is 25.6. The van der Waals surface area contributed by atoms with Gasteiger partial charge in [0.25, 0.3) is 5.91 Å². The van der Waals surface area contributed by atoms with E-state index in [2.05, 4.69) is 28.2 Å². The van der Waals surface area contributed by atoms with Crippen molar-refractivity contribution in [3.05, 3.63) is 102 Å². The van der Waals surface area contributed by atoms with Crippen LogP contribution in [0.4, 0.5) is 0 Å². The highest BCUT2D eigenvalue weighted by molar-refractivity contribution is 6.00. The topological polar surface area (TPSA) is 81.4 Å². The monoisotopic (exact) mass is 492 g/mol. The third kappa shape index (κ3) is 4.44. The number of benzene rings is 3. The largest absolute Gasteiger partial charge is 0.497 e. The molecule has 1 saturated heterocycles. The number of hydrogen-bond donors (Lipinski definition) is 2. The van der Waals surface area contributed by atoms with E-state index in [1.54, 1.807) is 12.0 Å². The molecule has 186 valence electrons. The fourth-order valence-electron chi connectivity index (χ4n) is 5.28. The molecule has 2 aromatic heterocycles. The SMILES string of the molecule is COc1ccc2[nH]c(C(=O)N3CC(=O)N(Cc4c[nH]c5ccccc45)[C@@H](Cc4ccccc4)C3)cc2c1. The lowest BCUT2D eigenvalue weighted by Gasteiger charge is -2.41. The van der Waals surface area contributed by atoms with Gasteiger partial charge in [-0.3, -0.25) is 9.59 Å². The van der Waals surface area contributed by atoms with Gasteiger partial charge in [-0.15, -0.1) is 0 Å². The summed E-state index contributed by atoms with van der Waals surface area (Å²) < 4.78 is 5.31. The fraction of sp³-hybridized carbons (Fsp3) is 0.200. The molecule has 0 bridgehead atoms. The second-order valence-corrected chi connectivity index (χ2v) is 9.55. The minimum Gasteiger partial charge on any atom is -0.497 e. The predicted molar refractivity (Wildman–Crippen MR) is 144 cm³/mol. The van der Waals surface area contributed by atoms with E-state index < -0.39 is 0 Å². The van der Waals surface area contributed by atoms with Crippen molar-refractivity contribution in [3.8, 4) is 5.75 Å². The smallest absolute Gasteiger partial charge is 0.270 e. The van der Waals surface area contributed by atoms with Crippen LogP contribution in [0.2, 0.25) is 0 Å². The average Bonchev–Trinajstić information content (AvgIpc) is 3.54. The van der Waals surface area contributed by atoms with Crippen LogP contribution < -0.4 is 4.74 Å². The van der Waals surface area contributed by atoms with Crippen molar-refractivity contribution in [3.63, 3.8) is 0 Å². The number of amides is 2. The molecule has 1 fully saturated rings. The second-order valence-electron chi connectivity index (χ2n) is 9.55. The molecule has 0 aliphatic carbocycles. The average molecular weight is 493 g/mol. The zero-order valence-corrected chi connectivity index (χ0v) is 20.6. The summed E-state index contributed by atoms with van der Waals surface area (Å²) >= 11 is 0. The number of nitrogens with zero attached hydrogens (tertiary/aromatic N) is 2. The minimum atomic E-state index is -0.173. The maximum atomic E-state index is 13.6. The molecule has 2 N–H and O–H groups in total. The highest BCUT2D eigenvalue weighted by atomic mass is 16.5. The number of nitrogens with one attached hydrogen (secondary N) is 2. The van der Waals surface area contributed by atoms with Crippen LogP contribution in [0.3, 0.4) is 0 Å². The van der Waals surface area contributed by atoms with E-state index in [9.17, 15) is 9.59 Å². The Bertz CT molecular complexity index is 1590. The molecule has 2 amide bonds. The standard InChI is InChI=1S/C30H28N4O3/c1-37-24-11-12-26-21(14-24)15-28(32-26)30(36)33-18-23(13-20-7-3-2-4-8-20)34(29(35)19-33)17-22-16-31-27-10-6-5-9-25(22)27/h2-12,14-16,23,31-32H,13,17-19H2,1H3/t23-/m0/s1. The van der Waals surface area contributed by atoms with Crippen molar-refractivity contribution in [2.45, 2.75) is 19.0 Å². The lowest BCUT2D eigenvalue weighted by atomic mass is 10.0. The Balaban J connectivity index is 1.29. The van der Waals surface area contributed by atoms with Crippen molar-refractivity contribution in [2.24, 2.45) is 0 Å². The predicted octanol–water partition coefficient (Wildman–Crippen LogP) is 4.75. The Hall–Kier alpha value is -4.52. The summed E-state index contributed by atoms with van der Waals surface area (Å²) in [6.07, 6.45) is 2.65. The van der Waals surface area contributed by atoms with Gasteiger partial charge < -0.3 is 24.5 Å². The summed E-state index contributed by atoms with van der Waals surface area (Å²) in [5, 5.41) is 2.01. The third-order valence-electron chi connectivity index (χ3n) is 7.19. The summed E-state index contributed by atoms with van der Waals surface area (Å²) in [5.41, 5.74) is 4.59. The molecule has 0 unspecified atom stereocenters. The summed E-state index contributed by atoms with van der Waals surface area (Å²) in [7, 11) is 1.62. The number of rotatable bonds is 6. The zero-order chi connectivity index (χ0) is 25.4. The van der Waals surface area contributed by atoms with E-state index in [4.69, 9.17) is 4.74 Å². The number of aromatic nitrogens is 2. The normalized spacial score (nSPS) is 16.0. The first kappa shape index (κ1) is 22.9. The number of aromatic amines is 2. The van der Waals surface area contributed by atoms with Gasteiger partial charge >= 0.3 is 0 Å². The first-order chi connectivity index (χ1) is 18.1. The van der Waals surface area contributed by atoms with Crippen molar-refractivity contribution in [2.75, 3.05) is 20.2 Å². The number of fused-ring (bicyclic) bond motifs is 2. The van der Waals surface area contributed by atoms with Crippen molar-refractivity contribution in [1.82, 2.24) is 19.8 Å². The minimum absolute atomic E-state index is 0.0468. The van der Waals surface area contributed by atoms with Crippen LogP contribution in [0.25, 0.3) is 21.8 Å². The molecular weight excluding hydrogens is 464 g/mol. The number of para-hydroxylation sites is 1. The van der Waals surface area contributed by atoms with Crippen LogP contribution in [0, 0.1) is 0 Å². The number of H-pyrrole nitrogens is 2. The van der Waals surface area contributed by atoms with Gasteiger partial charge in [-0.25, -0.2) is 0 Å². The fourth-order valence-corrected chi connectivity index (χ4v) is 5.28. The molecule has 3 heterocycles. The molecule has 7 heteroatoms.